The SMILES string of the molecule is COc1ccc(CN2CCCN(C(=O)Cc3ccc(S(=O)(=O)N4CCCCC4)s3)CC2)cc1. The number of thiophene rings is 1. The highest BCUT2D eigenvalue weighted by atomic mass is 32.2. The Hall–Kier alpha value is -1.94. The highest BCUT2D eigenvalue weighted by molar-refractivity contribution is 7.91. The van der Waals surface area contributed by atoms with Crippen molar-refractivity contribution in [3.8, 4) is 5.75 Å². The maximum Gasteiger partial charge on any atom is 0.252 e. The zero-order valence-electron chi connectivity index (χ0n) is 19.2. The van der Waals surface area contributed by atoms with E-state index < -0.39 is 10.0 Å². The molecule has 2 fully saturated rings. The molecule has 0 unspecified atom stereocenters. The van der Waals surface area contributed by atoms with Crippen molar-refractivity contribution in [3.63, 3.8) is 0 Å². The minimum atomic E-state index is -3.44. The van der Waals surface area contributed by atoms with Crippen LogP contribution in [0.5, 0.6) is 5.75 Å². The quantitative estimate of drug-likeness (QED) is 0.595. The maximum absolute atomic E-state index is 13.0. The summed E-state index contributed by atoms with van der Waals surface area (Å²) in [6, 6.07) is 11.6. The van der Waals surface area contributed by atoms with E-state index in [0.29, 0.717) is 23.8 Å². The molecule has 33 heavy (non-hydrogen) atoms. The third kappa shape index (κ3) is 6.15. The van der Waals surface area contributed by atoms with E-state index in [1.54, 1.807) is 23.5 Å². The number of carbonyl (C=O) groups excluding carboxylic acids is 1. The molecule has 1 amide bonds. The van der Waals surface area contributed by atoms with Crippen molar-refractivity contribution in [2.75, 3.05) is 46.4 Å². The van der Waals surface area contributed by atoms with Gasteiger partial charge in [-0.05, 0) is 49.1 Å². The standard InChI is InChI=1S/C24H33N3O4S2/c1-31-21-8-6-20(7-9-21)19-25-12-5-13-26(17-16-25)23(28)18-22-10-11-24(32-22)33(29,30)27-14-3-2-4-15-27/h6-11H,2-5,12-19H2,1H3. The van der Waals surface area contributed by atoms with E-state index in [9.17, 15) is 13.2 Å². The molecule has 0 radical (unpaired) electrons. The van der Waals surface area contributed by atoms with Crippen molar-refractivity contribution in [3.05, 3.63) is 46.8 Å². The molecule has 180 valence electrons. The summed E-state index contributed by atoms with van der Waals surface area (Å²) in [7, 11) is -1.77. The van der Waals surface area contributed by atoms with Crippen molar-refractivity contribution in [2.45, 2.75) is 42.9 Å². The molecule has 0 saturated carbocycles. The van der Waals surface area contributed by atoms with Crippen LogP contribution in [0.1, 0.15) is 36.1 Å². The van der Waals surface area contributed by atoms with E-state index in [1.165, 1.54) is 16.9 Å². The van der Waals surface area contributed by atoms with Gasteiger partial charge in [0.1, 0.15) is 9.96 Å². The van der Waals surface area contributed by atoms with Crippen LogP contribution in [0.15, 0.2) is 40.6 Å². The van der Waals surface area contributed by atoms with Crippen molar-refractivity contribution < 1.29 is 17.9 Å². The van der Waals surface area contributed by atoms with Crippen LogP contribution in [0.2, 0.25) is 0 Å². The molecule has 4 rings (SSSR count). The van der Waals surface area contributed by atoms with Crippen molar-refractivity contribution in [1.82, 2.24) is 14.1 Å². The van der Waals surface area contributed by atoms with Gasteiger partial charge < -0.3 is 9.64 Å². The summed E-state index contributed by atoms with van der Waals surface area (Å²) in [4.78, 5) is 18.1. The smallest absolute Gasteiger partial charge is 0.252 e. The molecule has 1 aromatic carbocycles. The number of benzene rings is 1. The first-order valence-electron chi connectivity index (χ1n) is 11.7. The van der Waals surface area contributed by atoms with Gasteiger partial charge in [0, 0.05) is 50.7 Å². The molecule has 2 aromatic rings. The Bertz CT molecular complexity index is 1030. The Morgan fingerprint density at radius 3 is 2.39 bits per heavy atom. The van der Waals surface area contributed by atoms with E-state index in [4.69, 9.17) is 4.74 Å². The van der Waals surface area contributed by atoms with Gasteiger partial charge in [0.2, 0.25) is 5.91 Å². The van der Waals surface area contributed by atoms with Gasteiger partial charge in [-0.15, -0.1) is 11.3 Å². The first kappa shape index (κ1) is 24.2. The monoisotopic (exact) mass is 491 g/mol. The van der Waals surface area contributed by atoms with Crippen LogP contribution in [0.3, 0.4) is 0 Å². The van der Waals surface area contributed by atoms with Crippen LogP contribution in [0.25, 0.3) is 0 Å². The molecule has 0 bridgehead atoms. The molecule has 3 heterocycles. The number of carbonyl (C=O) groups is 1. The molecule has 9 heteroatoms. The minimum Gasteiger partial charge on any atom is -0.497 e. The number of sulfonamides is 1. The second-order valence-electron chi connectivity index (χ2n) is 8.72. The fourth-order valence-electron chi connectivity index (χ4n) is 4.45. The van der Waals surface area contributed by atoms with Crippen molar-refractivity contribution >= 4 is 27.3 Å². The van der Waals surface area contributed by atoms with Gasteiger partial charge in [-0.1, -0.05) is 18.6 Å². The van der Waals surface area contributed by atoms with Crippen LogP contribution in [-0.2, 0) is 27.8 Å². The number of methoxy groups -OCH3 is 1. The number of hydrogen-bond donors (Lipinski definition) is 0. The highest BCUT2D eigenvalue weighted by Crippen LogP contribution is 2.27. The van der Waals surface area contributed by atoms with E-state index in [1.807, 2.05) is 17.0 Å². The Morgan fingerprint density at radius 2 is 1.67 bits per heavy atom. The second-order valence-corrected chi connectivity index (χ2v) is 12.1. The Balaban J connectivity index is 1.31. The van der Waals surface area contributed by atoms with Crippen LogP contribution in [0, 0.1) is 0 Å². The fourth-order valence-corrected chi connectivity index (χ4v) is 7.47. The van der Waals surface area contributed by atoms with E-state index in [-0.39, 0.29) is 12.3 Å². The molecular formula is C24H33N3O4S2. The van der Waals surface area contributed by atoms with E-state index in [0.717, 1.165) is 62.5 Å². The average molecular weight is 492 g/mol. The zero-order valence-corrected chi connectivity index (χ0v) is 20.9. The van der Waals surface area contributed by atoms with Crippen LogP contribution in [-0.4, -0.2) is 74.8 Å². The van der Waals surface area contributed by atoms with Crippen molar-refractivity contribution in [2.24, 2.45) is 0 Å². The van der Waals surface area contributed by atoms with Gasteiger partial charge in [0.15, 0.2) is 0 Å². The number of nitrogens with zero attached hydrogens (tertiary/aromatic N) is 3. The Kier molecular flexibility index (Phi) is 8.06. The van der Waals surface area contributed by atoms with Gasteiger partial charge in [0.05, 0.1) is 13.5 Å². The van der Waals surface area contributed by atoms with Gasteiger partial charge in [-0.2, -0.15) is 4.31 Å². The average Bonchev–Trinajstić information content (AvgIpc) is 3.19. The molecule has 0 aliphatic carbocycles. The largest absolute Gasteiger partial charge is 0.497 e. The number of ether oxygens (including phenoxy) is 1. The summed E-state index contributed by atoms with van der Waals surface area (Å²) in [6.07, 6.45) is 4.12. The summed E-state index contributed by atoms with van der Waals surface area (Å²) in [5, 5.41) is 0. The number of hydrogen-bond acceptors (Lipinski definition) is 6. The molecule has 0 spiro atoms. The molecule has 2 aliphatic heterocycles. The summed E-state index contributed by atoms with van der Waals surface area (Å²) >= 11 is 1.24. The first-order chi connectivity index (χ1) is 16.0. The molecule has 1 aromatic heterocycles. The summed E-state index contributed by atoms with van der Waals surface area (Å²) in [5.41, 5.74) is 1.23. The fraction of sp³-hybridized carbons (Fsp3) is 0.542. The van der Waals surface area contributed by atoms with Crippen LogP contribution >= 0.6 is 11.3 Å². The third-order valence-corrected chi connectivity index (χ3v) is 9.83. The molecule has 2 aliphatic rings. The lowest BCUT2D eigenvalue weighted by molar-refractivity contribution is -0.130. The Morgan fingerprint density at radius 1 is 0.909 bits per heavy atom. The lowest BCUT2D eigenvalue weighted by Gasteiger charge is -2.25. The summed E-state index contributed by atoms with van der Waals surface area (Å²) in [6.45, 7) is 5.25. The van der Waals surface area contributed by atoms with Gasteiger partial charge >= 0.3 is 0 Å². The lowest BCUT2D eigenvalue weighted by Crippen LogP contribution is -2.36. The first-order valence-corrected chi connectivity index (χ1v) is 13.9. The van der Waals surface area contributed by atoms with Gasteiger partial charge in [-0.3, -0.25) is 9.69 Å². The van der Waals surface area contributed by atoms with Crippen LogP contribution in [0.4, 0.5) is 0 Å². The topological polar surface area (TPSA) is 70.2 Å². The zero-order chi connectivity index (χ0) is 23.3. The highest BCUT2D eigenvalue weighted by Gasteiger charge is 2.28. The Labute approximate surface area is 201 Å². The number of piperidine rings is 1. The van der Waals surface area contributed by atoms with Gasteiger partial charge in [-0.25, -0.2) is 8.42 Å². The normalized spacial score (nSPS) is 18.8. The van der Waals surface area contributed by atoms with Gasteiger partial charge in [0.25, 0.3) is 10.0 Å². The number of amides is 1. The lowest BCUT2D eigenvalue weighted by atomic mass is 10.2. The molecule has 7 nitrogen and oxygen atoms in total. The predicted molar refractivity (Wildman–Crippen MR) is 130 cm³/mol. The molecule has 0 N–H and O–H groups in total. The van der Waals surface area contributed by atoms with E-state index >= 15 is 0 Å². The molecular weight excluding hydrogens is 458 g/mol. The predicted octanol–water partition coefficient (Wildman–Crippen LogP) is 3.21. The van der Waals surface area contributed by atoms with Crippen LogP contribution < -0.4 is 4.74 Å². The minimum absolute atomic E-state index is 0.0741. The number of rotatable bonds is 7. The van der Waals surface area contributed by atoms with E-state index in [2.05, 4.69) is 17.0 Å². The molecule has 2 saturated heterocycles. The molecule has 0 atom stereocenters. The maximum atomic E-state index is 13.0. The summed E-state index contributed by atoms with van der Waals surface area (Å²) < 4.78 is 32.9. The third-order valence-electron chi connectivity index (χ3n) is 6.38. The van der Waals surface area contributed by atoms with Crippen molar-refractivity contribution in [1.29, 1.82) is 0 Å². The summed E-state index contributed by atoms with van der Waals surface area (Å²) in [5.74, 6) is 0.928. The second kappa shape index (κ2) is 11.0.